The number of alkyl halides is 3. The molecule has 1 fully saturated rings. The first-order valence-corrected chi connectivity index (χ1v) is 13.1. The van der Waals surface area contributed by atoms with E-state index in [2.05, 4.69) is 25.3 Å². The van der Waals surface area contributed by atoms with Gasteiger partial charge in [-0.1, -0.05) is 12.1 Å². The van der Waals surface area contributed by atoms with Gasteiger partial charge >= 0.3 is 6.18 Å². The van der Waals surface area contributed by atoms with Gasteiger partial charge in [-0.05, 0) is 68.1 Å². The van der Waals surface area contributed by atoms with Crippen molar-refractivity contribution in [1.82, 2.24) is 25.3 Å². The van der Waals surface area contributed by atoms with Crippen LogP contribution in [0.25, 0.3) is 16.6 Å². The van der Waals surface area contributed by atoms with Gasteiger partial charge in [0.25, 0.3) is 0 Å². The first-order valence-electron chi connectivity index (χ1n) is 13.1. The Hall–Kier alpha value is -4.12. The molecule has 1 saturated heterocycles. The summed E-state index contributed by atoms with van der Waals surface area (Å²) in [6, 6.07) is 7.99. The SMILES string of the molecule is N/C=C(\C=NC1CCNCC1)c1cnc2[nH]cc(Cc3ccc(CCc4ccc(C(F)(F)F)nc4)nc3F)c2c1. The molecule has 11 heteroatoms. The Morgan fingerprint density at radius 1 is 1.05 bits per heavy atom. The lowest BCUT2D eigenvalue weighted by atomic mass is 10.0. The van der Waals surface area contributed by atoms with Crippen LogP contribution < -0.4 is 11.1 Å². The zero-order chi connectivity index (χ0) is 28.1. The van der Waals surface area contributed by atoms with E-state index in [1.165, 1.54) is 18.5 Å². The third-order valence-corrected chi connectivity index (χ3v) is 7.01. The van der Waals surface area contributed by atoms with E-state index < -0.39 is 17.8 Å². The summed E-state index contributed by atoms with van der Waals surface area (Å²) < 4.78 is 53.1. The molecule has 5 heterocycles. The molecule has 0 amide bonds. The molecule has 0 saturated carbocycles. The lowest BCUT2D eigenvalue weighted by molar-refractivity contribution is -0.141. The fraction of sp³-hybridized carbons (Fsp3) is 0.310. The van der Waals surface area contributed by atoms with Gasteiger partial charge in [-0.15, -0.1) is 0 Å². The van der Waals surface area contributed by atoms with E-state index in [-0.39, 0.29) is 6.04 Å². The molecule has 0 spiro atoms. The van der Waals surface area contributed by atoms with Crippen molar-refractivity contribution in [3.05, 3.63) is 94.7 Å². The number of rotatable bonds is 8. The highest BCUT2D eigenvalue weighted by Crippen LogP contribution is 2.27. The number of allylic oxidation sites excluding steroid dienone is 1. The van der Waals surface area contributed by atoms with Crippen molar-refractivity contribution in [3.63, 3.8) is 0 Å². The average molecular weight is 552 g/mol. The number of aromatic nitrogens is 4. The van der Waals surface area contributed by atoms with Crippen molar-refractivity contribution in [2.24, 2.45) is 10.7 Å². The fourth-order valence-electron chi connectivity index (χ4n) is 4.71. The number of fused-ring (bicyclic) bond motifs is 1. The minimum atomic E-state index is -4.48. The number of pyridine rings is 3. The van der Waals surface area contributed by atoms with E-state index in [0.29, 0.717) is 41.7 Å². The minimum absolute atomic E-state index is 0.265. The van der Waals surface area contributed by atoms with Crippen LogP contribution in [0.5, 0.6) is 0 Å². The summed E-state index contributed by atoms with van der Waals surface area (Å²) in [5, 5.41) is 4.18. The summed E-state index contributed by atoms with van der Waals surface area (Å²) in [5.41, 5.74) is 9.65. The summed E-state index contributed by atoms with van der Waals surface area (Å²) in [5.74, 6) is -0.585. The number of hydrogen-bond donors (Lipinski definition) is 3. The van der Waals surface area contributed by atoms with Crippen molar-refractivity contribution in [3.8, 4) is 0 Å². The molecule has 4 N–H and O–H groups in total. The van der Waals surface area contributed by atoms with Gasteiger partial charge in [0.05, 0.1) is 6.04 Å². The molecule has 1 aliphatic rings. The number of nitrogens with zero attached hydrogens (tertiary/aromatic N) is 4. The highest BCUT2D eigenvalue weighted by atomic mass is 19.4. The Morgan fingerprint density at radius 3 is 2.58 bits per heavy atom. The third-order valence-electron chi connectivity index (χ3n) is 7.01. The molecule has 7 nitrogen and oxygen atoms in total. The molecule has 0 aromatic carbocycles. The van der Waals surface area contributed by atoms with Crippen LogP contribution in [0.15, 0.2) is 60.1 Å². The molecule has 0 unspecified atom stereocenters. The van der Waals surface area contributed by atoms with Gasteiger partial charge in [-0.2, -0.15) is 17.6 Å². The zero-order valence-electron chi connectivity index (χ0n) is 21.7. The standard InChI is InChI=1S/C29H29F4N7/c30-27-19(3-5-24(40-27)4-1-18-2-6-26(37-14-18)29(31,32)33)11-21-16-39-28-25(21)12-20(15-38-28)22(13-34)17-36-23-7-9-35-10-8-23/h2-3,5-6,12-17,23,35H,1,4,7-11,34H2,(H,38,39)/b22-13+,36-17?. The smallest absolute Gasteiger partial charge is 0.404 e. The maximum absolute atomic E-state index is 15.0. The lowest BCUT2D eigenvalue weighted by Gasteiger charge is -2.18. The quantitative estimate of drug-likeness (QED) is 0.162. The molecule has 0 aliphatic carbocycles. The Bertz CT molecular complexity index is 1520. The van der Waals surface area contributed by atoms with E-state index in [9.17, 15) is 17.6 Å². The van der Waals surface area contributed by atoms with Gasteiger partial charge in [-0.25, -0.2) is 9.97 Å². The van der Waals surface area contributed by atoms with Crippen LogP contribution in [0.3, 0.4) is 0 Å². The Balaban J connectivity index is 1.27. The predicted octanol–water partition coefficient (Wildman–Crippen LogP) is 5.01. The molecule has 0 atom stereocenters. The monoisotopic (exact) mass is 551 g/mol. The number of aryl methyl sites for hydroxylation is 2. The second-order valence-electron chi connectivity index (χ2n) is 9.79. The second-order valence-corrected chi connectivity index (χ2v) is 9.79. The van der Waals surface area contributed by atoms with Crippen molar-refractivity contribution < 1.29 is 17.6 Å². The van der Waals surface area contributed by atoms with E-state index in [1.807, 2.05) is 6.07 Å². The molecular formula is C29H29F4N7. The first-order chi connectivity index (χ1) is 19.3. The van der Waals surface area contributed by atoms with Crippen LogP contribution in [0.2, 0.25) is 0 Å². The van der Waals surface area contributed by atoms with Crippen molar-refractivity contribution in [1.29, 1.82) is 0 Å². The number of H-pyrrole nitrogens is 1. The molecule has 40 heavy (non-hydrogen) atoms. The Labute approximate surface area is 228 Å². The molecule has 1 aliphatic heterocycles. The first kappa shape index (κ1) is 27.4. The molecule has 4 aromatic rings. The van der Waals surface area contributed by atoms with Crippen LogP contribution in [-0.4, -0.2) is 45.3 Å². The molecule has 0 radical (unpaired) electrons. The summed E-state index contributed by atoms with van der Waals surface area (Å²) in [7, 11) is 0. The van der Waals surface area contributed by atoms with Crippen LogP contribution in [0, 0.1) is 5.95 Å². The van der Waals surface area contributed by atoms with Crippen LogP contribution in [0.4, 0.5) is 17.6 Å². The van der Waals surface area contributed by atoms with E-state index in [4.69, 9.17) is 10.7 Å². The van der Waals surface area contributed by atoms with Gasteiger partial charge in [0.2, 0.25) is 5.95 Å². The fourth-order valence-corrected chi connectivity index (χ4v) is 4.71. The van der Waals surface area contributed by atoms with Crippen molar-refractivity contribution >= 4 is 22.8 Å². The molecular weight excluding hydrogens is 522 g/mol. The molecule has 208 valence electrons. The summed E-state index contributed by atoms with van der Waals surface area (Å²) in [6.45, 7) is 1.90. The number of nitrogens with one attached hydrogen (secondary N) is 2. The van der Waals surface area contributed by atoms with Crippen LogP contribution >= 0.6 is 0 Å². The maximum Gasteiger partial charge on any atom is 0.433 e. The summed E-state index contributed by atoms with van der Waals surface area (Å²) in [6.07, 6.45) is 6.61. The normalized spacial score (nSPS) is 15.3. The van der Waals surface area contributed by atoms with E-state index in [0.717, 1.165) is 54.1 Å². The summed E-state index contributed by atoms with van der Waals surface area (Å²) >= 11 is 0. The largest absolute Gasteiger partial charge is 0.433 e. The van der Waals surface area contributed by atoms with Crippen molar-refractivity contribution in [2.75, 3.05) is 13.1 Å². The van der Waals surface area contributed by atoms with Gasteiger partial charge < -0.3 is 16.0 Å². The highest BCUT2D eigenvalue weighted by Gasteiger charge is 2.32. The number of aliphatic imine (C=N–C) groups is 1. The Kier molecular flexibility index (Phi) is 8.20. The number of nitrogens with two attached hydrogens (primary N) is 1. The number of hydrogen-bond acceptors (Lipinski definition) is 6. The van der Waals surface area contributed by atoms with Gasteiger partial charge in [0, 0.05) is 65.2 Å². The zero-order valence-corrected chi connectivity index (χ0v) is 21.7. The maximum atomic E-state index is 15.0. The topological polar surface area (TPSA) is 105 Å². The van der Waals surface area contributed by atoms with Crippen LogP contribution in [-0.2, 0) is 25.4 Å². The van der Waals surface area contributed by atoms with Crippen LogP contribution in [0.1, 0.15) is 46.5 Å². The summed E-state index contributed by atoms with van der Waals surface area (Å²) in [4.78, 5) is 19.9. The highest BCUT2D eigenvalue weighted by molar-refractivity contribution is 6.10. The van der Waals surface area contributed by atoms with E-state index in [1.54, 1.807) is 30.7 Å². The lowest BCUT2D eigenvalue weighted by Crippen LogP contribution is -2.29. The third kappa shape index (κ3) is 6.53. The number of piperidine rings is 1. The second kappa shape index (κ2) is 12.0. The molecule has 5 rings (SSSR count). The predicted molar refractivity (Wildman–Crippen MR) is 146 cm³/mol. The Morgan fingerprint density at radius 2 is 1.88 bits per heavy atom. The van der Waals surface area contributed by atoms with Gasteiger partial charge in [0.1, 0.15) is 11.3 Å². The van der Waals surface area contributed by atoms with Gasteiger partial charge in [0.15, 0.2) is 0 Å². The number of halogens is 4. The van der Waals surface area contributed by atoms with E-state index >= 15 is 0 Å². The minimum Gasteiger partial charge on any atom is -0.404 e. The van der Waals surface area contributed by atoms with Crippen molar-refractivity contribution in [2.45, 2.75) is 44.3 Å². The average Bonchev–Trinajstić information content (AvgIpc) is 3.36. The molecule has 0 bridgehead atoms. The van der Waals surface area contributed by atoms with Gasteiger partial charge in [-0.3, -0.25) is 9.98 Å². The number of aromatic amines is 1. The molecule has 4 aromatic heterocycles.